The lowest BCUT2D eigenvalue weighted by Gasteiger charge is -2.29. The van der Waals surface area contributed by atoms with Crippen molar-refractivity contribution >= 4 is 28.3 Å². The average Bonchev–Trinajstić information content (AvgIpc) is 3.57. The standard InChI is InChI=1S/C29H34N4O2S/c1-19-7-11-22(12-8-19)26-18-36-29(32-26)33-27(34)17-20-9-13-23(14-10-20)30-28(35)25-16-15-24(31-25)21-5-3-2-4-6-21/h2-8,11-12,18,20,23-25,31H,9-10,13-17H2,1H3,(H,30,35)(H,32,33,34)/t20-,23+,24-,25+/m1/s1. The molecule has 2 amide bonds. The maximum atomic E-state index is 12.8. The second kappa shape index (κ2) is 11.4. The molecular weight excluding hydrogens is 468 g/mol. The fraction of sp³-hybridized carbons (Fsp3) is 0.414. The number of hydrogen-bond acceptors (Lipinski definition) is 5. The monoisotopic (exact) mass is 502 g/mol. The van der Waals surface area contributed by atoms with Crippen LogP contribution in [0.25, 0.3) is 11.3 Å². The summed E-state index contributed by atoms with van der Waals surface area (Å²) in [6.07, 6.45) is 6.10. The quantitative estimate of drug-likeness (QED) is 0.392. The van der Waals surface area contributed by atoms with Crippen LogP contribution < -0.4 is 16.0 Å². The van der Waals surface area contributed by atoms with Gasteiger partial charge in [-0.05, 0) is 56.9 Å². The van der Waals surface area contributed by atoms with Gasteiger partial charge in [0.25, 0.3) is 0 Å². The zero-order valence-corrected chi connectivity index (χ0v) is 21.5. The summed E-state index contributed by atoms with van der Waals surface area (Å²) in [7, 11) is 0. The van der Waals surface area contributed by atoms with Crippen LogP contribution in [0.4, 0.5) is 5.13 Å². The Hall–Kier alpha value is -3.03. The molecule has 2 aliphatic rings. The smallest absolute Gasteiger partial charge is 0.237 e. The molecule has 3 N–H and O–H groups in total. The molecule has 0 radical (unpaired) electrons. The van der Waals surface area contributed by atoms with Crippen LogP contribution in [0, 0.1) is 12.8 Å². The molecule has 2 atom stereocenters. The van der Waals surface area contributed by atoms with Crippen molar-refractivity contribution in [2.75, 3.05) is 5.32 Å². The Kier molecular flexibility index (Phi) is 7.78. The van der Waals surface area contributed by atoms with Crippen LogP contribution in [0.1, 0.15) is 62.1 Å². The SMILES string of the molecule is Cc1ccc(-c2csc(NC(=O)C[C@H]3CC[C@@H](NC(=O)[C@@H]4CC[C@H](c5ccccc5)N4)CC3)n2)cc1. The molecule has 1 saturated carbocycles. The highest BCUT2D eigenvalue weighted by atomic mass is 32.1. The van der Waals surface area contributed by atoms with E-state index in [9.17, 15) is 9.59 Å². The summed E-state index contributed by atoms with van der Waals surface area (Å²) >= 11 is 1.46. The molecule has 5 rings (SSSR count). The molecule has 0 bridgehead atoms. The Bertz CT molecular complexity index is 1170. The summed E-state index contributed by atoms with van der Waals surface area (Å²) in [4.78, 5) is 30.0. The Labute approximate surface area is 216 Å². The van der Waals surface area contributed by atoms with Crippen LogP contribution in [0.3, 0.4) is 0 Å². The van der Waals surface area contributed by atoms with Crippen LogP contribution in [-0.4, -0.2) is 28.9 Å². The van der Waals surface area contributed by atoms with Gasteiger partial charge in [0.1, 0.15) is 0 Å². The van der Waals surface area contributed by atoms with Crippen molar-refractivity contribution in [2.24, 2.45) is 5.92 Å². The first-order valence-corrected chi connectivity index (χ1v) is 13.9. The number of aryl methyl sites for hydroxylation is 1. The van der Waals surface area contributed by atoms with E-state index in [1.165, 1.54) is 22.5 Å². The maximum absolute atomic E-state index is 12.8. The van der Waals surface area contributed by atoms with Gasteiger partial charge in [-0.25, -0.2) is 4.98 Å². The van der Waals surface area contributed by atoms with Crippen molar-refractivity contribution in [3.05, 3.63) is 71.1 Å². The minimum Gasteiger partial charge on any atom is -0.352 e. The predicted molar refractivity (Wildman–Crippen MR) is 145 cm³/mol. The van der Waals surface area contributed by atoms with E-state index in [1.54, 1.807) is 0 Å². The number of anilines is 1. The van der Waals surface area contributed by atoms with Crippen molar-refractivity contribution in [1.82, 2.24) is 15.6 Å². The lowest BCUT2D eigenvalue weighted by atomic mass is 9.84. The van der Waals surface area contributed by atoms with Crippen molar-refractivity contribution in [3.63, 3.8) is 0 Å². The molecule has 1 aliphatic carbocycles. The number of carbonyl (C=O) groups is 2. The molecule has 7 heteroatoms. The number of thiazole rings is 1. The highest BCUT2D eigenvalue weighted by molar-refractivity contribution is 7.14. The van der Waals surface area contributed by atoms with E-state index in [4.69, 9.17) is 0 Å². The fourth-order valence-electron chi connectivity index (χ4n) is 5.33. The van der Waals surface area contributed by atoms with Crippen LogP contribution in [-0.2, 0) is 9.59 Å². The third-order valence-corrected chi connectivity index (χ3v) is 8.19. The van der Waals surface area contributed by atoms with Gasteiger partial charge in [-0.2, -0.15) is 0 Å². The number of hydrogen-bond donors (Lipinski definition) is 3. The normalized spacial score (nSPS) is 23.8. The number of rotatable bonds is 7. The maximum Gasteiger partial charge on any atom is 0.237 e. The summed E-state index contributed by atoms with van der Waals surface area (Å²) in [6, 6.07) is 18.9. The summed E-state index contributed by atoms with van der Waals surface area (Å²) in [5.74, 6) is 0.485. The van der Waals surface area contributed by atoms with Crippen LogP contribution in [0.5, 0.6) is 0 Å². The van der Waals surface area contributed by atoms with Gasteiger partial charge in [-0.15, -0.1) is 11.3 Å². The topological polar surface area (TPSA) is 83.1 Å². The first-order valence-electron chi connectivity index (χ1n) is 13.0. The van der Waals surface area contributed by atoms with Gasteiger partial charge >= 0.3 is 0 Å². The largest absolute Gasteiger partial charge is 0.352 e. The molecule has 6 nitrogen and oxygen atoms in total. The number of amides is 2. The predicted octanol–water partition coefficient (Wildman–Crippen LogP) is 5.62. The lowest BCUT2D eigenvalue weighted by molar-refractivity contribution is -0.124. The molecule has 188 valence electrons. The minimum atomic E-state index is -0.123. The number of nitrogens with one attached hydrogen (secondary N) is 3. The molecule has 1 aliphatic heterocycles. The minimum absolute atomic E-state index is 0.0226. The molecule has 2 fully saturated rings. The van der Waals surface area contributed by atoms with E-state index in [-0.39, 0.29) is 29.9 Å². The van der Waals surface area contributed by atoms with Gasteiger partial charge in [-0.1, -0.05) is 60.2 Å². The van der Waals surface area contributed by atoms with E-state index in [0.717, 1.165) is 49.8 Å². The molecule has 36 heavy (non-hydrogen) atoms. The summed E-state index contributed by atoms with van der Waals surface area (Å²) in [6.45, 7) is 2.06. The van der Waals surface area contributed by atoms with Gasteiger partial charge in [0.2, 0.25) is 11.8 Å². The summed E-state index contributed by atoms with van der Waals surface area (Å²) < 4.78 is 0. The number of benzene rings is 2. The first-order chi connectivity index (χ1) is 17.5. The van der Waals surface area contributed by atoms with Gasteiger partial charge in [0.05, 0.1) is 11.7 Å². The molecule has 3 aromatic rings. The van der Waals surface area contributed by atoms with Gasteiger partial charge in [-0.3, -0.25) is 14.9 Å². The number of nitrogens with zero attached hydrogens (tertiary/aromatic N) is 1. The zero-order chi connectivity index (χ0) is 24.9. The Morgan fingerprint density at radius 3 is 2.47 bits per heavy atom. The van der Waals surface area contributed by atoms with E-state index in [0.29, 0.717) is 17.5 Å². The van der Waals surface area contributed by atoms with Crippen LogP contribution in [0.15, 0.2) is 60.0 Å². The Morgan fingerprint density at radius 1 is 0.972 bits per heavy atom. The molecule has 1 saturated heterocycles. The molecule has 0 unspecified atom stereocenters. The molecular formula is C29H34N4O2S. The molecule has 2 aromatic carbocycles. The molecule has 1 aromatic heterocycles. The summed E-state index contributed by atoms with van der Waals surface area (Å²) in [5, 5.41) is 12.4. The Morgan fingerprint density at radius 2 is 1.72 bits per heavy atom. The van der Waals surface area contributed by atoms with Crippen LogP contribution >= 0.6 is 11.3 Å². The number of carbonyl (C=O) groups excluding carboxylic acids is 2. The zero-order valence-electron chi connectivity index (χ0n) is 20.7. The fourth-order valence-corrected chi connectivity index (χ4v) is 6.07. The highest BCUT2D eigenvalue weighted by Gasteiger charge is 2.32. The van der Waals surface area contributed by atoms with Crippen molar-refractivity contribution in [1.29, 1.82) is 0 Å². The van der Waals surface area contributed by atoms with Gasteiger partial charge in [0.15, 0.2) is 5.13 Å². The van der Waals surface area contributed by atoms with Crippen LogP contribution in [0.2, 0.25) is 0 Å². The summed E-state index contributed by atoms with van der Waals surface area (Å²) in [5.41, 5.74) is 4.40. The first kappa shape index (κ1) is 24.7. The molecule has 2 heterocycles. The van der Waals surface area contributed by atoms with E-state index in [1.807, 2.05) is 23.6 Å². The van der Waals surface area contributed by atoms with E-state index < -0.39 is 0 Å². The van der Waals surface area contributed by atoms with Crippen molar-refractivity contribution in [2.45, 2.75) is 70.0 Å². The lowest BCUT2D eigenvalue weighted by Crippen LogP contribution is -2.46. The average molecular weight is 503 g/mol. The Balaban J connectivity index is 1.03. The molecule has 0 spiro atoms. The third-order valence-electron chi connectivity index (χ3n) is 7.43. The van der Waals surface area contributed by atoms with Crippen molar-refractivity contribution in [3.8, 4) is 11.3 Å². The second-order valence-electron chi connectivity index (χ2n) is 10.1. The van der Waals surface area contributed by atoms with E-state index in [2.05, 4.69) is 64.3 Å². The van der Waals surface area contributed by atoms with E-state index >= 15 is 0 Å². The number of aromatic nitrogens is 1. The second-order valence-corrected chi connectivity index (χ2v) is 11.0. The highest BCUT2D eigenvalue weighted by Crippen LogP contribution is 2.30. The van der Waals surface area contributed by atoms with Gasteiger partial charge in [0, 0.05) is 29.4 Å². The van der Waals surface area contributed by atoms with Gasteiger partial charge < -0.3 is 10.6 Å². The third kappa shape index (κ3) is 6.20. The van der Waals surface area contributed by atoms with Crippen molar-refractivity contribution < 1.29 is 9.59 Å².